The van der Waals surface area contributed by atoms with Crippen molar-refractivity contribution in [1.29, 1.82) is 0 Å². The second-order valence-electron chi connectivity index (χ2n) is 2.98. The predicted octanol–water partition coefficient (Wildman–Crippen LogP) is 3.41. The van der Waals surface area contributed by atoms with E-state index in [2.05, 4.69) is 25.3 Å². The fraction of sp³-hybridized carbons (Fsp3) is 0.400. The Morgan fingerprint density at radius 2 is 2.36 bits per heavy atom. The van der Waals surface area contributed by atoms with Gasteiger partial charge in [0.05, 0.1) is 0 Å². The lowest BCUT2D eigenvalue weighted by molar-refractivity contribution is 1.24. The summed E-state index contributed by atoms with van der Waals surface area (Å²) in [5.41, 5.74) is 4.65. The number of hydrogen-bond acceptors (Lipinski definition) is 1. The normalized spacial score (nSPS) is 14.9. The van der Waals surface area contributed by atoms with E-state index in [1.54, 1.807) is 16.7 Å². The molecular weight excluding hydrogens is 152 g/mol. The molecule has 1 aromatic rings. The van der Waals surface area contributed by atoms with Crippen LogP contribution in [0.3, 0.4) is 0 Å². The molecule has 1 heteroatoms. The Labute approximate surface area is 71.6 Å². The number of aryl methyl sites for hydroxylation is 1. The van der Waals surface area contributed by atoms with Gasteiger partial charge in [-0.25, -0.2) is 0 Å². The van der Waals surface area contributed by atoms with Crippen molar-refractivity contribution >= 4 is 16.9 Å². The molecule has 0 radical (unpaired) electrons. The van der Waals surface area contributed by atoms with Crippen LogP contribution >= 0.6 is 11.3 Å². The lowest BCUT2D eigenvalue weighted by Crippen LogP contribution is -1.79. The van der Waals surface area contributed by atoms with Crippen LogP contribution in [0.1, 0.15) is 29.3 Å². The molecule has 0 atom stereocenters. The van der Waals surface area contributed by atoms with Gasteiger partial charge in [-0.2, -0.15) is 0 Å². The first-order chi connectivity index (χ1) is 5.33. The highest BCUT2D eigenvalue weighted by Crippen LogP contribution is 2.35. The van der Waals surface area contributed by atoms with Crippen LogP contribution in [-0.4, -0.2) is 0 Å². The number of hydrogen-bond donors (Lipinski definition) is 0. The summed E-state index contributed by atoms with van der Waals surface area (Å²) in [4.78, 5) is 1.49. The maximum absolute atomic E-state index is 2.37. The summed E-state index contributed by atoms with van der Waals surface area (Å²) >= 11 is 1.89. The van der Waals surface area contributed by atoms with Crippen molar-refractivity contribution in [3.8, 4) is 0 Å². The van der Waals surface area contributed by atoms with Crippen molar-refractivity contribution in [2.45, 2.75) is 26.7 Å². The average molecular weight is 164 g/mol. The molecular formula is C10H12S. The zero-order valence-electron chi connectivity index (χ0n) is 6.98. The van der Waals surface area contributed by atoms with Crippen LogP contribution in [0.25, 0.3) is 5.57 Å². The van der Waals surface area contributed by atoms with E-state index >= 15 is 0 Å². The van der Waals surface area contributed by atoms with Gasteiger partial charge in [-0.3, -0.25) is 0 Å². The zero-order valence-corrected chi connectivity index (χ0v) is 7.79. The molecule has 0 fully saturated rings. The molecule has 0 saturated heterocycles. The van der Waals surface area contributed by atoms with Gasteiger partial charge >= 0.3 is 0 Å². The van der Waals surface area contributed by atoms with Crippen LogP contribution in [0.4, 0.5) is 0 Å². The van der Waals surface area contributed by atoms with Gasteiger partial charge in [0.1, 0.15) is 0 Å². The van der Waals surface area contributed by atoms with Crippen molar-refractivity contribution < 1.29 is 0 Å². The molecule has 58 valence electrons. The number of fused-ring (bicyclic) bond motifs is 1. The van der Waals surface area contributed by atoms with Gasteiger partial charge in [-0.05, 0) is 41.8 Å². The van der Waals surface area contributed by atoms with Crippen LogP contribution in [-0.2, 0) is 6.42 Å². The Bertz CT molecular complexity index is 305. The molecule has 0 N–H and O–H groups in total. The minimum absolute atomic E-state index is 1.17. The number of rotatable bonds is 1. The second-order valence-corrected chi connectivity index (χ2v) is 4.06. The van der Waals surface area contributed by atoms with E-state index in [0.29, 0.717) is 0 Å². The first-order valence-corrected chi connectivity index (χ1v) is 4.97. The van der Waals surface area contributed by atoms with E-state index < -0.39 is 0 Å². The maximum atomic E-state index is 2.37. The monoisotopic (exact) mass is 164 g/mol. The van der Waals surface area contributed by atoms with E-state index in [9.17, 15) is 0 Å². The van der Waals surface area contributed by atoms with E-state index in [1.165, 1.54) is 17.7 Å². The average Bonchev–Trinajstić information content (AvgIpc) is 2.54. The fourth-order valence-corrected chi connectivity index (χ4v) is 2.66. The molecule has 0 bridgehead atoms. The third kappa shape index (κ3) is 0.951. The highest BCUT2D eigenvalue weighted by molar-refractivity contribution is 7.10. The SMILES string of the molecule is CCC1=CCc2csc(C)c21. The van der Waals surface area contributed by atoms with Crippen LogP contribution in [0.5, 0.6) is 0 Å². The van der Waals surface area contributed by atoms with Gasteiger partial charge in [0.25, 0.3) is 0 Å². The first kappa shape index (κ1) is 7.11. The molecule has 0 spiro atoms. The third-order valence-electron chi connectivity index (χ3n) is 2.32. The van der Waals surface area contributed by atoms with Crippen molar-refractivity contribution in [3.63, 3.8) is 0 Å². The Morgan fingerprint density at radius 1 is 1.55 bits per heavy atom. The predicted molar refractivity (Wildman–Crippen MR) is 51.0 cm³/mol. The van der Waals surface area contributed by atoms with E-state index in [0.717, 1.165) is 0 Å². The molecule has 2 rings (SSSR count). The second kappa shape index (κ2) is 2.49. The maximum Gasteiger partial charge on any atom is 0.00921 e. The largest absolute Gasteiger partial charge is 0.148 e. The molecule has 11 heavy (non-hydrogen) atoms. The van der Waals surface area contributed by atoms with Crippen molar-refractivity contribution in [3.05, 3.63) is 27.5 Å². The molecule has 1 aromatic heterocycles. The van der Waals surface area contributed by atoms with Crippen LogP contribution in [0.15, 0.2) is 11.5 Å². The Morgan fingerprint density at radius 3 is 3.09 bits per heavy atom. The standard InChI is InChI=1S/C10H12S/c1-3-8-4-5-9-6-11-7(2)10(8)9/h4,6H,3,5H2,1-2H3. The third-order valence-corrected chi connectivity index (χ3v) is 3.28. The highest BCUT2D eigenvalue weighted by Gasteiger charge is 2.15. The number of thiophene rings is 1. The summed E-state index contributed by atoms with van der Waals surface area (Å²) in [6, 6.07) is 0. The topological polar surface area (TPSA) is 0 Å². The van der Waals surface area contributed by atoms with E-state index in [4.69, 9.17) is 0 Å². The summed E-state index contributed by atoms with van der Waals surface area (Å²) in [6.45, 7) is 4.45. The summed E-state index contributed by atoms with van der Waals surface area (Å²) in [5.74, 6) is 0. The van der Waals surface area contributed by atoms with Gasteiger partial charge in [0.2, 0.25) is 0 Å². The van der Waals surface area contributed by atoms with Crippen molar-refractivity contribution in [2.24, 2.45) is 0 Å². The highest BCUT2D eigenvalue weighted by atomic mass is 32.1. The zero-order chi connectivity index (χ0) is 7.84. The Hall–Kier alpha value is -0.560. The molecule has 0 unspecified atom stereocenters. The van der Waals surface area contributed by atoms with Crippen LogP contribution in [0.2, 0.25) is 0 Å². The smallest absolute Gasteiger partial charge is 0.00921 e. The van der Waals surface area contributed by atoms with Gasteiger partial charge in [-0.15, -0.1) is 11.3 Å². The fourth-order valence-electron chi connectivity index (χ4n) is 1.74. The molecule has 0 aromatic carbocycles. The minimum Gasteiger partial charge on any atom is -0.148 e. The number of allylic oxidation sites excluding steroid dienone is 2. The minimum atomic E-state index is 1.17. The summed E-state index contributed by atoms with van der Waals surface area (Å²) in [7, 11) is 0. The molecule has 1 aliphatic carbocycles. The lowest BCUT2D eigenvalue weighted by atomic mass is 10.1. The molecule has 0 nitrogen and oxygen atoms in total. The van der Waals surface area contributed by atoms with E-state index in [-0.39, 0.29) is 0 Å². The molecule has 0 amide bonds. The van der Waals surface area contributed by atoms with Gasteiger partial charge in [0.15, 0.2) is 0 Å². The lowest BCUT2D eigenvalue weighted by Gasteiger charge is -1.98. The van der Waals surface area contributed by atoms with E-state index in [1.807, 2.05) is 11.3 Å². The van der Waals surface area contributed by atoms with Crippen molar-refractivity contribution in [2.75, 3.05) is 0 Å². The summed E-state index contributed by atoms with van der Waals surface area (Å²) < 4.78 is 0. The first-order valence-electron chi connectivity index (χ1n) is 4.09. The van der Waals surface area contributed by atoms with Gasteiger partial charge in [0, 0.05) is 4.88 Å². The quantitative estimate of drug-likeness (QED) is 0.596. The molecule has 1 aliphatic rings. The van der Waals surface area contributed by atoms with Crippen molar-refractivity contribution in [1.82, 2.24) is 0 Å². The van der Waals surface area contributed by atoms with Gasteiger partial charge in [-0.1, -0.05) is 13.0 Å². The Kier molecular flexibility index (Phi) is 1.61. The summed E-state index contributed by atoms with van der Waals surface area (Å²) in [5, 5.41) is 2.30. The summed E-state index contributed by atoms with van der Waals surface area (Å²) in [6.07, 6.45) is 4.72. The van der Waals surface area contributed by atoms with Crippen LogP contribution in [0, 0.1) is 6.92 Å². The molecule has 0 aliphatic heterocycles. The van der Waals surface area contributed by atoms with Crippen LogP contribution < -0.4 is 0 Å². The Balaban J connectivity index is 2.52. The van der Waals surface area contributed by atoms with Gasteiger partial charge < -0.3 is 0 Å². The molecule has 0 saturated carbocycles. The molecule has 1 heterocycles.